The fraction of sp³-hybridized carbons (Fsp3) is 0.391. The molecule has 0 aliphatic rings. The van der Waals surface area contributed by atoms with Crippen LogP contribution in [0.25, 0.3) is 11.1 Å². The third-order valence-corrected chi connectivity index (χ3v) is 4.30. The van der Waals surface area contributed by atoms with E-state index in [1.807, 2.05) is 63.2 Å². The van der Waals surface area contributed by atoms with Gasteiger partial charge in [0.15, 0.2) is 5.58 Å². The van der Waals surface area contributed by atoms with Crippen LogP contribution in [0.2, 0.25) is 0 Å². The zero-order chi connectivity index (χ0) is 21.0. The number of benzene rings is 2. The average Bonchev–Trinajstić information content (AvgIpc) is 3.09. The van der Waals surface area contributed by atoms with E-state index in [1.165, 1.54) is 0 Å². The molecule has 0 radical (unpaired) electrons. The average molecular weight is 414 g/mol. The minimum atomic E-state index is -1.00. The number of amides is 1. The largest absolute Gasteiger partial charge is 0.444 e. The lowest BCUT2D eigenvalue weighted by Crippen LogP contribution is -2.32. The topological polar surface area (TPSA) is 111 Å². The number of fused-ring (bicyclic) bond motifs is 1. The summed E-state index contributed by atoms with van der Waals surface area (Å²) < 4.78 is 10.8. The SMILES string of the molecule is C.CC(C)(C)OC(=O)NCc1ccc(C[C@H](N)C(O)c2nc3ccccc3o2)cc1. The monoisotopic (exact) mass is 413 g/mol. The molecule has 1 amide bonds. The van der Waals surface area contributed by atoms with E-state index in [4.69, 9.17) is 14.9 Å². The van der Waals surface area contributed by atoms with Crippen molar-refractivity contribution in [3.8, 4) is 0 Å². The number of hydrogen-bond donors (Lipinski definition) is 3. The van der Waals surface area contributed by atoms with E-state index < -0.39 is 23.8 Å². The van der Waals surface area contributed by atoms with Crippen LogP contribution in [0, 0.1) is 0 Å². The van der Waals surface area contributed by atoms with Crippen molar-refractivity contribution in [1.82, 2.24) is 10.3 Å². The van der Waals surface area contributed by atoms with Gasteiger partial charge in [-0.25, -0.2) is 9.78 Å². The van der Waals surface area contributed by atoms with Crippen molar-refractivity contribution in [3.05, 3.63) is 65.5 Å². The van der Waals surface area contributed by atoms with Gasteiger partial charge in [-0.1, -0.05) is 43.8 Å². The molecule has 0 spiro atoms. The smallest absolute Gasteiger partial charge is 0.407 e. The lowest BCUT2D eigenvalue weighted by molar-refractivity contribution is 0.0523. The molecule has 0 bridgehead atoms. The highest BCUT2D eigenvalue weighted by Crippen LogP contribution is 2.23. The number of oxazole rings is 1. The Balaban J connectivity index is 0.00000320. The van der Waals surface area contributed by atoms with Crippen LogP contribution in [0.1, 0.15) is 51.3 Å². The van der Waals surface area contributed by atoms with Gasteiger partial charge in [-0.05, 0) is 50.5 Å². The Morgan fingerprint density at radius 3 is 2.43 bits per heavy atom. The summed E-state index contributed by atoms with van der Waals surface area (Å²) in [6.45, 7) is 5.83. The van der Waals surface area contributed by atoms with Gasteiger partial charge in [0.2, 0.25) is 5.89 Å². The normalized spacial score (nSPS) is 13.4. The van der Waals surface area contributed by atoms with Gasteiger partial charge in [0.05, 0.1) is 0 Å². The molecule has 7 heteroatoms. The molecule has 1 unspecified atom stereocenters. The minimum absolute atomic E-state index is 0. The van der Waals surface area contributed by atoms with Crippen molar-refractivity contribution in [1.29, 1.82) is 0 Å². The standard InChI is InChI=1S/C22H27N3O4.CH4/c1-22(2,3)29-21(27)24-13-15-10-8-14(9-11-15)12-16(23)19(26)20-25-17-6-4-5-7-18(17)28-20;/h4-11,16,19,26H,12-13,23H2,1-3H3,(H,24,27);1H4/t16-,19?;/m0./s1. The number of aromatic nitrogens is 1. The van der Waals surface area contributed by atoms with Crippen LogP contribution in [0.4, 0.5) is 4.79 Å². The summed E-state index contributed by atoms with van der Waals surface area (Å²) >= 11 is 0. The Labute approximate surface area is 177 Å². The van der Waals surface area contributed by atoms with Crippen molar-refractivity contribution in [2.24, 2.45) is 5.73 Å². The Morgan fingerprint density at radius 1 is 1.17 bits per heavy atom. The number of carbonyl (C=O) groups is 1. The summed E-state index contributed by atoms with van der Waals surface area (Å²) in [6, 6.07) is 14.4. The summed E-state index contributed by atoms with van der Waals surface area (Å²) in [5, 5.41) is 13.2. The number of carbonyl (C=O) groups excluding carboxylic acids is 1. The molecule has 0 fully saturated rings. The number of ether oxygens (including phenoxy) is 1. The Bertz CT molecular complexity index is 927. The summed E-state index contributed by atoms with van der Waals surface area (Å²) in [7, 11) is 0. The molecule has 3 aromatic rings. The lowest BCUT2D eigenvalue weighted by atomic mass is 10.0. The molecule has 1 aromatic heterocycles. The van der Waals surface area contributed by atoms with Crippen molar-refractivity contribution in [2.75, 3.05) is 0 Å². The van der Waals surface area contributed by atoms with Gasteiger partial charge in [0, 0.05) is 12.6 Å². The van der Waals surface area contributed by atoms with E-state index in [1.54, 1.807) is 6.07 Å². The summed E-state index contributed by atoms with van der Waals surface area (Å²) in [6.07, 6.45) is -0.999. The van der Waals surface area contributed by atoms with Crippen LogP contribution in [0.3, 0.4) is 0 Å². The number of hydrogen-bond acceptors (Lipinski definition) is 6. The number of nitrogens with zero attached hydrogens (tertiary/aromatic N) is 1. The Kier molecular flexibility index (Phi) is 7.59. The number of nitrogens with two attached hydrogens (primary N) is 1. The van der Waals surface area contributed by atoms with Gasteiger partial charge in [0.1, 0.15) is 17.2 Å². The number of rotatable bonds is 6. The maximum Gasteiger partial charge on any atom is 0.407 e. The lowest BCUT2D eigenvalue weighted by Gasteiger charge is -2.19. The van der Waals surface area contributed by atoms with Crippen LogP contribution in [0.5, 0.6) is 0 Å². The first-order chi connectivity index (χ1) is 13.7. The van der Waals surface area contributed by atoms with Crippen molar-refractivity contribution in [2.45, 2.75) is 58.9 Å². The van der Waals surface area contributed by atoms with Crippen LogP contribution in [0.15, 0.2) is 52.9 Å². The number of nitrogens with one attached hydrogen (secondary N) is 1. The first-order valence-electron chi connectivity index (χ1n) is 9.55. The second kappa shape index (κ2) is 9.73. The van der Waals surface area contributed by atoms with Gasteiger partial charge in [-0.2, -0.15) is 0 Å². The Hall–Kier alpha value is -2.90. The maximum absolute atomic E-state index is 11.7. The van der Waals surface area contributed by atoms with Gasteiger partial charge < -0.3 is 25.3 Å². The van der Waals surface area contributed by atoms with Gasteiger partial charge >= 0.3 is 6.09 Å². The van der Waals surface area contributed by atoms with Crippen LogP contribution < -0.4 is 11.1 Å². The molecule has 1 heterocycles. The highest BCUT2D eigenvalue weighted by Gasteiger charge is 2.23. The molecule has 0 aliphatic heterocycles. The number of para-hydroxylation sites is 2. The van der Waals surface area contributed by atoms with Gasteiger partial charge in [-0.15, -0.1) is 0 Å². The number of aliphatic hydroxyl groups is 1. The molecule has 162 valence electrons. The number of alkyl carbamates (subject to hydrolysis) is 1. The molecule has 4 N–H and O–H groups in total. The summed E-state index contributed by atoms with van der Waals surface area (Å²) in [4.78, 5) is 16.0. The quantitative estimate of drug-likeness (QED) is 0.561. The zero-order valence-electron chi connectivity index (χ0n) is 16.9. The van der Waals surface area contributed by atoms with Gasteiger partial charge in [-0.3, -0.25) is 0 Å². The predicted octanol–water partition coefficient (Wildman–Crippen LogP) is 4.09. The Morgan fingerprint density at radius 2 is 1.80 bits per heavy atom. The molecular weight excluding hydrogens is 382 g/mol. The summed E-state index contributed by atoms with van der Waals surface area (Å²) in [5.74, 6) is 0.219. The first kappa shape index (κ1) is 23.4. The van der Waals surface area contributed by atoms with Crippen LogP contribution in [-0.2, 0) is 17.7 Å². The van der Waals surface area contributed by atoms with Crippen molar-refractivity contribution < 1.29 is 19.1 Å². The van der Waals surface area contributed by atoms with E-state index in [2.05, 4.69) is 10.3 Å². The molecule has 0 saturated carbocycles. The fourth-order valence-corrected chi connectivity index (χ4v) is 2.87. The van der Waals surface area contributed by atoms with Crippen LogP contribution >= 0.6 is 0 Å². The van der Waals surface area contributed by atoms with E-state index in [-0.39, 0.29) is 13.3 Å². The molecule has 0 saturated heterocycles. The second-order valence-corrected chi connectivity index (χ2v) is 8.00. The molecule has 2 aromatic carbocycles. The molecule has 7 nitrogen and oxygen atoms in total. The first-order valence-corrected chi connectivity index (χ1v) is 9.55. The molecule has 3 rings (SSSR count). The third kappa shape index (κ3) is 6.30. The van der Waals surface area contributed by atoms with E-state index >= 15 is 0 Å². The van der Waals surface area contributed by atoms with Crippen LogP contribution in [-0.4, -0.2) is 27.8 Å². The highest BCUT2D eigenvalue weighted by atomic mass is 16.6. The molecule has 2 atom stereocenters. The van der Waals surface area contributed by atoms with Crippen molar-refractivity contribution in [3.63, 3.8) is 0 Å². The maximum atomic E-state index is 11.7. The van der Waals surface area contributed by atoms with Gasteiger partial charge in [0.25, 0.3) is 0 Å². The molecule has 30 heavy (non-hydrogen) atoms. The number of aliphatic hydroxyl groups excluding tert-OH is 1. The fourth-order valence-electron chi connectivity index (χ4n) is 2.87. The van der Waals surface area contributed by atoms with Crippen molar-refractivity contribution >= 4 is 17.2 Å². The third-order valence-electron chi connectivity index (χ3n) is 4.30. The van der Waals surface area contributed by atoms with E-state index in [0.717, 1.165) is 11.1 Å². The van der Waals surface area contributed by atoms with E-state index in [0.29, 0.717) is 24.1 Å². The van der Waals surface area contributed by atoms with E-state index in [9.17, 15) is 9.90 Å². The predicted molar refractivity (Wildman–Crippen MR) is 117 cm³/mol. The zero-order valence-corrected chi connectivity index (χ0v) is 16.9. The highest BCUT2D eigenvalue weighted by molar-refractivity contribution is 5.72. The molecule has 0 aliphatic carbocycles. The minimum Gasteiger partial charge on any atom is -0.444 e. The summed E-state index contributed by atoms with van der Waals surface area (Å²) in [5.41, 5.74) is 8.86. The molecular formula is C23H31N3O4. The second-order valence-electron chi connectivity index (χ2n) is 8.00.